The van der Waals surface area contributed by atoms with Gasteiger partial charge < -0.3 is 20.1 Å². The molecule has 2 aromatic heterocycles. The summed E-state index contributed by atoms with van der Waals surface area (Å²) in [5.41, 5.74) is -0.0252. The van der Waals surface area contributed by atoms with Crippen molar-refractivity contribution in [1.29, 1.82) is 5.26 Å². The van der Waals surface area contributed by atoms with E-state index in [2.05, 4.69) is 20.3 Å². The number of rotatable bonds is 6. The molecule has 0 bridgehead atoms. The number of hydrogen-bond donors (Lipinski definition) is 2. The lowest BCUT2D eigenvalue weighted by Crippen LogP contribution is -2.42. The van der Waals surface area contributed by atoms with Crippen molar-refractivity contribution in [3.63, 3.8) is 0 Å². The minimum absolute atomic E-state index is 0.0252. The molecule has 1 atom stereocenters. The third-order valence-corrected chi connectivity index (χ3v) is 4.07. The van der Waals surface area contributed by atoms with Gasteiger partial charge in [0.15, 0.2) is 5.82 Å². The molecule has 1 aromatic carbocycles. The number of nitrogens with one attached hydrogen (secondary N) is 1. The van der Waals surface area contributed by atoms with Crippen molar-refractivity contribution in [2.45, 2.75) is 12.7 Å². The molecule has 3 aromatic rings. The van der Waals surface area contributed by atoms with E-state index in [0.717, 1.165) is 10.8 Å². The van der Waals surface area contributed by atoms with Gasteiger partial charge in [0, 0.05) is 23.5 Å². The number of aliphatic hydroxyl groups is 1. The first-order valence-corrected chi connectivity index (χ1v) is 8.80. The highest BCUT2D eigenvalue weighted by Crippen LogP contribution is 2.26. The average Bonchev–Trinajstić information content (AvgIpc) is 2.60. The van der Waals surface area contributed by atoms with Crippen LogP contribution in [-0.2, 0) is 0 Å². The van der Waals surface area contributed by atoms with Crippen LogP contribution in [0, 0.1) is 11.3 Å². The second-order valence-corrected chi connectivity index (χ2v) is 7.10. The largest absolute Gasteiger partial charge is 0.442 e. The molecule has 0 fully saturated rings. The third kappa shape index (κ3) is 4.64. The fourth-order valence-electron chi connectivity index (χ4n) is 2.74. The number of fused-ring (bicyclic) bond motifs is 1. The van der Waals surface area contributed by atoms with E-state index in [1.807, 2.05) is 24.3 Å². The highest BCUT2D eigenvalue weighted by molar-refractivity contribution is 6.35. The van der Waals surface area contributed by atoms with Gasteiger partial charge in [-0.1, -0.05) is 23.7 Å². The predicted octanol–water partition coefficient (Wildman–Crippen LogP) is 2.94. The van der Waals surface area contributed by atoms with E-state index in [-0.39, 0.29) is 18.1 Å². The summed E-state index contributed by atoms with van der Waals surface area (Å²) < 4.78 is 5.54. The maximum Gasteiger partial charge on any atom is 0.255 e. The van der Waals surface area contributed by atoms with Crippen molar-refractivity contribution in [1.82, 2.24) is 19.9 Å². The molecule has 0 aliphatic rings. The molecule has 3 rings (SSSR count). The summed E-state index contributed by atoms with van der Waals surface area (Å²) in [6, 6.07) is 9.31. The molecule has 0 unspecified atom stereocenters. The minimum Gasteiger partial charge on any atom is -0.442 e. The molecule has 0 aliphatic carbocycles. The van der Waals surface area contributed by atoms with Gasteiger partial charge in [-0.2, -0.15) is 10.2 Å². The van der Waals surface area contributed by atoms with Gasteiger partial charge in [-0.3, -0.25) is 0 Å². The summed E-state index contributed by atoms with van der Waals surface area (Å²) in [4.78, 5) is 14.4. The molecule has 0 spiro atoms. The Kier molecular flexibility index (Phi) is 5.61. The number of benzene rings is 1. The summed E-state index contributed by atoms with van der Waals surface area (Å²) in [7, 11) is 3.59. The number of nitrogens with zero attached hydrogens (tertiary/aromatic N) is 5. The molecular weight excluding hydrogens is 380 g/mol. The second-order valence-electron chi connectivity index (χ2n) is 6.69. The fourth-order valence-corrected chi connectivity index (χ4v) is 2.97. The number of ether oxygens (including phenoxy) is 1. The molecule has 2 heterocycles. The molecule has 0 saturated carbocycles. The lowest BCUT2D eigenvalue weighted by molar-refractivity contribution is -0.134. The first-order valence-electron chi connectivity index (χ1n) is 8.42. The fraction of sp³-hybridized carbons (Fsp3) is 0.263. The Labute approximate surface area is 167 Å². The van der Waals surface area contributed by atoms with Crippen LogP contribution in [0.25, 0.3) is 10.8 Å². The van der Waals surface area contributed by atoms with Crippen LogP contribution >= 0.6 is 11.6 Å². The Morgan fingerprint density at radius 3 is 2.79 bits per heavy atom. The zero-order valence-corrected chi connectivity index (χ0v) is 16.4. The summed E-state index contributed by atoms with van der Waals surface area (Å²) in [6.07, 6.45) is 3.06. The first kappa shape index (κ1) is 19.8. The monoisotopic (exact) mass is 398 g/mol. The van der Waals surface area contributed by atoms with Crippen LogP contribution in [-0.4, -0.2) is 51.4 Å². The SMILES string of the molecule is CN(C)C[C@](C)(O)Oc1nc(Nc2cc3cccc(Cl)c3cn2)cnc1C#N. The molecule has 8 nitrogen and oxygen atoms in total. The van der Waals surface area contributed by atoms with Gasteiger partial charge in [0.2, 0.25) is 11.5 Å². The van der Waals surface area contributed by atoms with Crippen LogP contribution in [0.2, 0.25) is 5.02 Å². The number of hydrogen-bond acceptors (Lipinski definition) is 8. The van der Waals surface area contributed by atoms with E-state index in [4.69, 9.17) is 16.3 Å². The van der Waals surface area contributed by atoms with E-state index in [1.54, 1.807) is 31.3 Å². The van der Waals surface area contributed by atoms with Gasteiger partial charge in [0.25, 0.3) is 5.88 Å². The van der Waals surface area contributed by atoms with Crippen LogP contribution in [0.4, 0.5) is 11.6 Å². The molecule has 9 heteroatoms. The van der Waals surface area contributed by atoms with E-state index in [0.29, 0.717) is 16.7 Å². The van der Waals surface area contributed by atoms with Crippen molar-refractivity contribution in [2.24, 2.45) is 0 Å². The Morgan fingerprint density at radius 2 is 2.07 bits per heavy atom. The predicted molar refractivity (Wildman–Crippen MR) is 107 cm³/mol. The number of likely N-dealkylation sites (N-methyl/N-ethyl adjacent to an activating group) is 1. The van der Waals surface area contributed by atoms with Crippen LogP contribution in [0.3, 0.4) is 0 Å². The molecular formula is C19H19ClN6O2. The van der Waals surface area contributed by atoms with Crippen molar-refractivity contribution >= 4 is 34.0 Å². The Balaban J connectivity index is 1.88. The van der Waals surface area contributed by atoms with E-state index < -0.39 is 5.79 Å². The molecule has 0 saturated heterocycles. The number of halogens is 1. The number of aromatic nitrogens is 3. The Morgan fingerprint density at radius 1 is 1.29 bits per heavy atom. The topological polar surface area (TPSA) is 107 Å². The quantitative estimate of drug-likeness (QED) is 0.610. The average molecular weight is 399 g/mol. The number of anilines is 2. The zero-order chi connectivity index (χ0) is 20.3. The minimum atomic E-state index is -1.54. The summed E-state index contributed by atoms with van der Waals surface area (Å²) in [5, 5.41) is 25.0. The van der Waals surface area contributed by atoms with E-state index >= 15 is 0 Å². The van der Waals surface area contributed by atoms with E-state index in [1.165, 1.54) is 13.1 Å². The maximum atomic E-state index is 10.4. The lowest BCUT2D eigenvalue weighted by atomic mass is 10.2. The first-order chi connectivity index (χ1) is 13.3. The van der Waals surface area contributed by atoms with Crippen LogP contribution < -0.4 is 10.1 Å². The van der Waals surface area contributed by atoms with Gasteiger partial charge in [-0.25, -0.2) is 9.97 Å². The van der Waals surface area contributed by atoms with Crippen LogP contribution in [0.15, 0.2) is 36.7 Å². The van der Waals surface area contributed by atoms with Gasteiger partial charge in [-0.15, -0.1) is 0 Å². The van der Waals surface area contributed by atoms with Crippen molar-refractivity contribution in [3.8, 4) is 11.9 Å². The standard InChI is InChI=1S/C19H19ClN6O2/c1-19(27,11-26(2)3)28-18-15(8-21)22-10-17(25-18)24-16-7-12-5-4-6-14(20)13(12)9-23-16/h4-7,9-10,27H,11H2,1-3H3,(H,23,24,25)/t19-/m1/s1. The maximum absolute atomic E-state index is 10.4. The molecule has 2 N–H and O–H groups in total. The number of nitriles is 1. The highest BCUT2D eigenvalue weighted by atomic mass is 35.5. The van der Waals surface area contributed by atoms with Crippen LogP contribution in [0.5, 0.6) is 5.88 Å². The third-order valence-electron chi connectivity index (χ3n) is 3.74. The molecule has 0 radical (unpaired) electrons. The molecule has 144 valence electrons. The van der Waals surface area contributed by atoms with Crippen molar-refractivity contribution in [2.75, 3.05) is 26.0 Å². The lowest BCUT2D eigenvalue weighted by Gasteiger charge is -2.27. The summed E-state index contributed by atoms with van der Waals surface area (Å²) in [6.45, 7) is 1.70. The van der Waals surface area contributed by atoms with Gasteiger partial charge in [0.1, 0.15) is 11.9 Å². The molecule has 0 aliphatic heterocycles. The summed E-state index contributed by atoms with van der Waals surface area (Å²) >= 11 is 6.16. The van der Waals surface area contributed by atoms with Crippen molar-refractivity contribution in [3.05, 3.63) is 47.4 Å². The Hall–Kier alpha value is -2.99. The van der Waals surface area contributed by atoms with Crippen molar-refractivity contribution < 1.29 is 9.84 Å². The highest BCUT2D eigenvalue weighted by Gasteiger charge is 2.26. The van der Waals surface area contributed by atoms with E-state index in [9.17, 15) is 10.4 Å². The smallest absolute Gasteiger partial charge is 0.255 e. The van der Waals surface area contributed by atoms with Gasteiger partial charge >= 0.3 is 0 Å². The number of pyridine rings is 1. The Bertz CT molecular complexity index is 1050. The van der Waals surface area contributed by atoms with Crippen LogP contribution in [0.1, 0.15) is 12.6 Å². The van der Waals surface area contributed by atoms with Gasteiger partial charge in [0.05, 0.1) is 12.7 Å². The molecule has 28 heavy (non-hydrogen) atoms. The summed E-state index contributed by atoms with van der Waals surface area (Å²) in [5.74, 6) is -0.758. The second kappa shape index (κ2) is 7.94. The zero-order valence-electron chi connectivity index (χ0n) is 15.6. The normalized spacial score (nSPS) is 13.2. The van der Waals surface area contributed by atoms with Gasteiger partial charge in [-0.05, 0) is 31.6 Å². The molecule has 0 amide bonds.